The Bertz CT molecular complexity index is 363. The third kappa shape index (κ3) is 3.28. The van der Waals surface area contributed by atoms with Gasteiger partial charge in [-0.3, -0.25) is 4.79 Å². The largest absolute Gasteiger partial charge is 0.465 e. The second-order valence-electron chi connectivity index (χ2n) is 4.13. The molecular formula is C13H16O4. The molecule has 2 rings (SSSR count). The van der Waals surface area contributed by atoms with Crippen LogP contribution in [-0.4, -0.2) is 30.4 Å². The Balaban J connectivity index is 1.73. The van der Waals surface area contributed by atoms with Crippen molar-refractivity contribution in [1.82, 2.24) is 0 Å². The van der Waals surface area contributed by atoms with Gasteiger partial charge in [-0.15, -0.1) is 0 Å². The van der Waals surface area contributed by atoms with Gasteiger partial charge in [0.15, 0.2) is 0 Å². The van der Waals surface area contributed by atoms with E-state index in [0.29, 0.717) is 19.6 Å². The van der Waals surface area contributed by atoms with Gasteiger partial charge in [0.2, 0.25) is 0 Å². The van der Waals surface area contributed by atoms with Crippen molar-refractivity contribution in [2.45, 2.75) is 19.1 Å². The molecule has 0 aliphatic carbocycles. The van der Waals surface area contributed by atoms with Crippen molar-refractivity contribution in [3.05, 3.63) is 35.9 Å². The van der Waals surface area contributed by atoms with Gasteiger partial charge in [-0.1, -0.05) is 30.3 Å². The van der Waals surface area contributed by atoms with Crippen LogP contribution in [0.4, 0.5) is 0 Å². The van der Waals surface area contributed by atoms with E-state index in [1.165, 1.54) is 0 Å². The van der Waals surface area contributed by atoms with Crippen molar-refractivity contribution in [3.63, 3.8) is 0 Å². The average molecular weight is 236 g/mol. The number of rotatable bonds is 5. The lowest BCUT2D eigenvalue weighted by Crippen LogP contribution is -2.28. The maximum absolute atomic E-state index is 11.2. The van der Waals surface area contributed by atoms with Gasteiger partial charge in [-0.2, -0.15) is 0 Å². The molecule has 4 heteroatoms. The van der Waals surface area contributed by atoms with Crippen molar-refractivity contribution in [2.75, 3.05) is 13.2 Å². The summed E-state index contributed by atoms with van der Waals surface area (Å²) in [6.07, 6.45) is -0.192. The summed E-state index contributed by atoms with van der Waals surface area (Å²) in [7, 11) is 0. The number of carbonyl (C=O) groups excluding carboxylic acids is 1. The molecule has 1 fully saturated rings. The summed E-state index contributed by atoms with van der Waals surface area (Å²) >= 11 is 0. The summed E-state index contributed by atoms with van der Waals surface area (Å²) in [5.41, 5.74) is 1.05. The first-order valence-electron chi connectivity index (χ1n) is 5.74. The fraction of sp³-hybridized carbons (Fsp3) is 0.462. The van der Waals surface area contributed by atoms with Crippen molar-refractivity contribution in [2.24, 2.45) is 5.92 Å². The number of esters is 1. The molecule has 1 aromatic carbocycles. The van der Waals surface area contributed by atoms with E-state index in [0.717, 1.165) is 5.56 Å². The Labute approximate surface area is 100 Å². The second kappa shape index (κ2) is 5.80. The molecule has 0 radical (unpaired) electrons. The van der Waals surface area contributed by atoms with Gasteiger partial charge < -0.3 is 14.6 Å². The van der Waals surface area contributed by atoms with Gasteiger partial charge in [0.25, 0.3) is 0 Å². The Morgan fingerprint density at radius 1 is 1.41 bits per heavy atom. The summed E-state index contributed by atoms with van der Waals surface area (Å²) in [5.74, 6) is -0.744. The van der Waals surface area contributed by atoms with E-state index in [2.05, 4.69) is 0 Å². The minimum Gasteiger partial charge on any atom is -0.465 e. The van der Waals surface area contributed by atoms with Crippen LogP contribution in [-0.2, 0) is 20.9 Å². The molecule has 1 unspecified atom stereocenters. The molecule has 2 atom stereocenters. The predicted molar refractivity (Wildman–Crippen MR) is 61.2 cm³/mol. The highest BCUT2D eigenvalue weighted by Crippen LogP contribution is 2.18. The van der Waals surface area contributed by atoms with E-state index in [-0.39, 0.29) is 12.6 Å². The molecule has 1 aliphatic rings. The molecule has 0 spiro atoms. The Morgan fingerprint density at radius 2 is 2.18 bits per heavy atom. The molecule has 4 nitrogen and oxygen atoms in total. The minimum absolute atomic E-state index is 0.161. The lowest BCUT2D eigenvalue weighted by molar-refractivity contribution is -0.145. The van der Waals surface area contributed by atoms with Crippen LogP contribution in [0.5, 0.6) is 0 Å². The van der Waals surface area contributed by atoms with Crippen LogP contribution in [0.1, 0.15) is 12.0 Å². The van der Waals surface area contributed by atoms with E-state index >= 15 is 0 Å². The molecule has 17 heavy (non-hydrogen) atoms. The summed E-state index contributed by atoms with van der Waals surface area (Å²) in [5, 5.41) is 9.77. The molecule has 0 bridgehead atoms. The quantitative estimate of drug-likeness (QED) is 0.778. The lowest BCUT2D eigenvalue weighted by Gasteiger charge is -2.14. The molecule has 92 valence electrons. The fourth-order valence-electron chi connectivity index (χ4n) is 1.85. The van der Waals surface area contributed by atoms with Gasteiger partial charge in [0.1, 0.15) is 0 Å². The zero-order valence-corrected chi connectivity index (χ0v) is 9.54. The van der Waals surface area contributed by atoms with Crippen molar-refractivity contribution in [1.29, 1.82) is 0 Å². The number of carbonyl (C=O) groups is 1. The van der Waals surface area contributed by atoms with Crippen LogP contribution in [0, 0.1) is 5.92 Å². The summed E-state index contributed by atoms with van der Waals surface area (Å²) in [6, 6.07) is 9.71. The molecule has 0 amide bonds. The van der Waals surface area contributed by atoms with E-state index in [4.69, 9.17) is 9.47 Å². The average Bonchev–Trinajstić information content (AvgIpc) is 2.77. The summed E-state index contributed by atoms with van der Waals surface area (Å²) in [4.78, 5) is 11.2. The Kier molecular flexibility index (Phi) is 4.12. The Morgan fingerprint density at radius 3 is 2.82 bits per heavy atom. The third-order valence-corrected chi connectivity index (χ3v) is 2.84. The smallest absolute Gasteiger partial charge is 0.311 e. The number of aliphatic hydroxyl groups excluding tert-OH is 1. The van der Waals surface area contributed by atoms with E-state index in [1.807, 2.05) is 30.3 Å². The normalized spacial score (nSPS) is 21.2. The molecule has 1 heterocycles. The van der Waals surface area contributed by atoms with Crippen molar-refractivity contribution in [3.8, 4) is 0 Å². The number of ether oxygens (including phenoxy) is 2. The SMILES string of the molecule is O=C1OCCC1[C@@H](O)COCc1ccccc1. The molecule has 1 aliphatic heterocycles. The van der Waals surface area contributed by atoms with Crippen LogP contribution in [0.25, 0.3) is 0 Å². The van der Waals surface area contributed by atoms with Crippen LogP contribution in [0.2, 0.25) is 0 Å². The third-order valence-electron chi connectivity index (χ3n) is 2.84. The maximum atomic E-state index is 11.2. The number of cyclic esters (lactones) is 1. The maximum Gasteiger partial charge on any atom is 0.311 e. The van der Waals surface area contributed by atoms with E-state index < -0.39 is 12.0 Å². The number of benzene rings is 1. The highest BCUT2D eigenvalue weighted by atomic mass is 16.5. The zero-order valence-electron chi connectivity index (χ0n) is 9.54. The number of hydrogen-bond donors (Lipinski definition) is 1. The first-order valence-corrected chi connectivity index (χ1v) is 5.74. The van der Waals surface area contributed by atoms with Crippen molar-refractivity contribution < 1.29 is 19.4 Å². The number of hydrogen-bond acceptors (Lipinski definition) is 4. The minimum atomic E-state index is -0.770. The van der Waals surface area contributed by atoms with Gasteiger partial charge >= 0.3 is 5.97 Å². The van der Waals surface area contributed by atoms with Crippen LogP contribution >= 0.6 is 0 Å². The zero-order chi connectivity index (χ0) is 12.1. The van der Waals surface area contributed by atoms with Gasteiger partial charge in [0, 0.05) is 0 Å². The molecular weight excluding hydrogens is 220 g/mol. The second-order valence-corrected chi connectivity index (χ2v) is 4.13. The van der Waals surface area contributed by atoms with Crippen LogP contribution in [0.15, 0.2) is 30.3 Å². The van der Waals surface area contributed by atoms with Gasteiger partial charge in [0.05, 0.1) is 31.8 Å². The lowest BCUT2D eigenvalue weighted by atomic mass is 10.0. The summed E-state index contributed by atoms with van der Waals surface area (Å²) in [6.45, 7) is 1.01. The fourth-order valence-corrected chi connectivity index (χ4v) is 1.85. The van der Waals surface area contributed by atoms with Gasteiger partial charge in [-0.05, 0) is 12.0 Å². The topological polar surface area (TPSA) is 55.8 Å². The number of aliphatic hydroxyl groups is 1. The molecule has 1 aromatic rings. The Hall–Kier alpha value is -1.39. The van der Waals surface area contributed by atoms with E-state index in [1.54, 1.807) is 0 Å². The standard InChI is InChI=1S/C13H16O4/c14-12(11-6-7-17-13(11)15)9-16-8-10-4-2-1-3-5-10/h1-5,11-12,14H,6-9H2/t11?,12-/m0/s1. The molecule has 1 saturated heterocycles. The van der Waals surface area contributed by atoms with Gasteiger partial charge in [-0.25, -0.2) is 0 Å². The molecule has 0 aromatic heterocycles. The highest BCUT2D eigenvalue weighted by Gasteiger charge is 2.33. The highest BCUT2D eigenvalue weighted by molar-refractivity contribution is 5.74. The first kappa shape index (κ1) is 12.1. The molecule has 0 saturated carbocycles. The van der Waals surface area contributed by atoms with E-state index in [9.17, 15) is 9.90 Å². The monoisotopic (exact) mass is 236 g/mol. The summed E-state index contributed by atoms with van der Waals surface area (Å²) < 4.78 is 10.2. The van der Waals surface area contributed by atoms with Crippen LogP contribution < -0.4 is 0 Å². The van der Waals surface area contributed by atoms with Crippen molar-refractivity contribution >= 4 is 5.97 Å². The van der Waals surface area contributed by atoms with Crippen LogP contribution in [0.3, 0.4) is 0 Å². The predicted octanol–water partition coefficient (Wildman–Crippen LogP) is 1.13. The molecule has 1 N–H and O–H groups in total. The first-order chi connectivity index (χ1) is 8.27.